The van der Waals surface area contributed by atoms with Gasteiger partial charge < -0.3 is 10.6 Å². The van der Waals surface area contributed by atoms with Gasteiger partial charge in [-0.1, -0.05) is 6.07 Å². The second-order valence-corrected chi connectivity index (χ2v) is 7.54. The molecule has 0 bridgehead atoms. The summed E-state index contributed by atoms with van der Waals surface area (Å²) in [6.45, 7) is 1.27. The van der Waals surface area contributed by atoms with Gasteiger partial charge in [-0.05, 0) is 50.4 Å². The lowest BCUT2D eigenvalue weighted by atomic mass is 9.98. The average molecular weight is 310 g/mol. The van der Waals surface area contributed by atoms with Crippen molar-refractivity contribution in [1.82, 2.24) is 4.90 Å². The Bertz CT molecular complexity index is 611. The zero-order chi connectivity index (χ0) is 15.5. The third-order valence-electron chi connectivity index (χ3n) is 3.90. The van der Waals surface area contributed by atoms with Crippen molar-refractivity contribution in [2.24, 2.45) is 5.73 Å². The van der Waals surface area contributed by atoms with Crippen molar-refractivity contribution in [2.75, 3.05) is 19.3 Å². The summed E-state index contributed by atoms with van der Waals surface area (Å²) >= 11 is 0. The molecule has 116 valence electrons. The van der Waals surface area contributed by atoms with Crippen molar-refractivity contribution < 1.29 is 13.2 Å². The minimum Gasteiger partial charge on any atom is -0.336 e. The van der Waals surface area contributed by atoms with E-state index in [1.165, 1.54) is 12.1 Å². The van der Waals surface area contributed by atoms with Crippen LogP contribution in [0.2, 0.25) is 0 Å². The lowest BCUT2D eigenvalue weighted by Gasteiger charge is -2.35. The second-order valence-electron chi connectivity index (χ2n) is 5.53. The summed E-state index contributed by atoms with van der Waals surface area (Å²) in [4.78, 5) is 14.7. The maximum atomic E-state index is 12.7. The number of hydrogen-bond acceptors (Lipinski definition) is 4. The number of sulfone groups is 1. The van der Waals surface area contributed by atoms with Gasteiger partial charge >= 0.3 is 0 Å². The fraction of sp³-hybridized carbons (Fsp3) is 0.533. The molecule has 1 saturated heterocycles. The standard InChI is InChI=1S/C15H22N2O3S/c1-21(19,20)14-7-4-5-12(11-14)15(18)17-10-3-2-6-13(17)8-9-16/h4-5,7,11,13H,2-3,6,8-10,16H2,1H3. The zero-order valence-electron chi connectivity index (χ0n) is 12.3. The molecule has 1 amide bonds. The molecule has 0 radical (unpaired) electrons. The van der Waals surface area contributed by atoms with Crippen LogP contribution in [0.25, 0.3) is 0 Å². The molecule has 1 heterocycles. The van der Waals surface area contributed by atoms with E-state index < -0.39 is 9.84 Å². The molecule has 1 aromatic carbocycles. The van der Waals surface area contributed by atoms with Crippen molar-refractivity contribution in [3.63, 3.8) is 0 Å². The molecule has 21 heavy (non-hydrogen) atoms. The molecule has 1 aromatic rings. The number of piperidine rings is 1. The zero-order valence-corrected chi connectivity index (χ0v) is 13.1. The van der Waals surface area contributed by atoms with Gasteiger partial charge in [0.2, 0.25) is 0 Å². The van der Waals surface area contributed by atoms with Gasteiger partial charge in [0.15, 0.2) is 9.84 Å². The van der Waals surface area contributed by atoms with Crippen molar-refractivity contribution in [3.05, 3.63) is 29.8 Å². The van der Waals surface area contributed by atoms with Crippen molar-refractivity contribution in [2.45, 2.75) is 36.6 Å². The molecular weight excluding hydrogens is 288 g/mol. The van der Waals surface area contributed by atoms with Crippen LogP contribution in [0.1, 0.15) is 36.0 Å². The summed E-state index contributed by atoms with van der Waals surface area (Å²) in [6.07, 6.45) is 5.00. The Hall–Kier alpha value is -1.40. The monoisotopic (exact) mass is 310 g/mol. The first-order chi connectivity index (χ1) is 9.93. The van der Waals surface area contributed by atoms with E-state index >= 15 is 0 Å². The topological polar surface area (TPSA) is 80.5 Å². The summed E-state index contributed by atoms with van der Waals surface area (Å²) in [6, 6.07) is 6.43. The molecule has 1 atom stereocenters. The van der Waals surface area contributed by atoms with Gasteiger partial charge in [0.05, 0.1) is 4.90 Å². The van der Waals surface area contributed by atoms with Crippen molar-refractivity contribution in [3.8, 4) is 0 Å². The first-order valence-corrected chi connectivity index (χ1v) is 9.14. The molecule has 0 saturated carbocycles. The Morgan fingerprint density at radius 2 is 2.14 bits per heavy atom. The van der Waals surface area contributed by atoms with Crippen LogP contribution in [0.4, 0.5) is 0 Å². The van der Waals surface area contributed by atoms with Crippen molar-refractivity contribution >= 4 is 15.7 Å². The lowest BCUT2D eigenvalue weighted by molar-refractivity contribution is 0.0605. The van der Waals surface area contributed by atoms with Gasteiger partial charge in [0.25, 0.3) is 5.91 Å². The molecule has 1 aliphatic rings. The fourth-order valence-corrected chi connectivity index (χ4v) is 3.45. The maximum Gasteiger partial charge on any atom is 0.254 e. The van der Waals surface area contributed by atoms with E-state index in [2.05, 4.69) is 0 Å². The first kappa shape index (κ1) is 16.0. The second kappa shape index (κ2) is 6.58. The van der Waals surface area contributed by atoms with Crippen LogP contribution in [-0.4, -0.2) is 44.6 Å². The Morgan fingerprint density at radius 1 is 1.38 bits per heavy atom. The highest BCUT2D eigenvalue weighted by Crippen LogP contribution is 2.22. The fourth-order valence-electron chi connectivity index (χ4n) is 2.79. The number of carbonyl (C=O) groups excluding carboxylic acids is 1. The highest BCUT2D eigenvalue weighted by Gasteiger charge is 2.27. The minimum absolute atomic E-state index is 0.0985. The number of carbonyl (C=O) groups is 1. The number of benzene rings is 1. The van der Waals surface area contributed by atoms with E-state index in [9.17, 15) is 13.2 Å². The van der Waals surface area contributed by atoms with E-state index in [0.717, 1.165) is 31.9 Å². The largest absolute Gasteiger partial charge is 0.336 e. The predicted octanol–water partition coefficient (Wildman–Crippen LogP) is 1.43. The van der Waals surface area contributed by atoms with Crippen LogP contribution in [0.3, 0.4) is 0 Å². The Labute approximate surface area is 126 Å². The molecule has 1 fully saturated rings. The minimum atomic E-state index is -3.30. The molecular formula is C15H22N2O3S. The highest BCUT2D eigenvalue weighted by molar-refractivity contribution is 7.90. The molecule has 0 aromatic heterocycles. The molecule has 2 rings (SSSR count). The summed E-state index contributed by atoms with van der Waals surface area (Å²) in [5, 5.41) is 0. The van der Waals surface area contributed by atoms with E-state index in [0.29, 0.717) is 18.7 Å². The van der Waals surface area contributed by atoms with Crippen molar-refractivity contribution in [1.29, 1.82) is 0 Å². The van der Waals surface area contributed by atoms with E-state index in [1.807, 2.05) is 4.90 Å². The van der Waals surface area contributed by atoms with Gasteiger partial charge in [-0.2, -0.15) is 0 Å². The third kappa shape index (κ3) is 3.83. The maximum absolute atomic E-state index is 12.7. The number of nitrogens with two attached hydrogens (primary N) is 1. The van der Waals surface area contributed by atoms with E-state index in [-0.39, 0.29) is 16.8 Å². The van der Waals surface area contributed by atoms with Crippen LogP contribution < -0.4 is 5.73 Å². The number of rotatable bonds is 4. The normalized spacial score (nSPS) is 19.5. The summed E-state index contributed by atoms with van der Waals surface area (Å²) in [5.74, 6) is -0.0985. The summed E-state index contributed by atoms with van der Waals surface area (Å²) < 4.78 is 23.2. The number of likely N-dealkylation sites (tertiary alicyclic amines) is 1. The van der Waals surface area contributed by atoms with Gasteiger partial charge in [0.1, 0.15) is 0 Å². The molecule has 5 nitrogen and oxygen atoms in total. The molecule has 2 N–H and O–H groups in total. The van der Waals surface area contributed by atoms with Crippen LogP contribution >= 0.6 is 0 Å². The van der Waals surface area contributed by atoms with E-state index in [4.69, 9.17) is 5.73 Å². The number of hydrogen-bond donors (Lipinski definition) is 1. The van der Waals surface area contributed by atoms with Crippen LogP contribution in [0, 0.1) is 0 Å². The average Bonchev–Trinajstić information content (AvgIpc) is 2.47. The van der Waals surface area contributed by atoms with Crippen LogP contribution in [0.15, 0.2) is 29.2 Å². The highest BCUT2D eigenvalue weighted by atomic mass is 32.2. The molecule has 1 unspecified atom stereocenters. The molecule has 1 aliphatic heterocycles. The third-order valence-corrected chi connectivity index (χ3v) is 5.01. The molecule has 0 spiro atoms. The van der Waals surface area contributed by atoms with Gasteiger partial charge in [-0.15, -0.1) is 0 Å². The summed E-state index contributed by atoms with van der Waals surface area (Å²) in [5.41, 5.74) is 6.06. The Morgan fingerprint density at radius 3 is 2.81 bits per heavy atom. The van der Waals surface area contributed by atoms with Gasteiger partial charge in [0, 0.05) is 24.4 Å². The van der Waals surface area contributed by atoms with Gasteiger partial charge in [-0.25, -0.2) is 8.42 Å². The van der Waals surface area contributed by atoms with Gasteiger partial charge in [-0.3, -0.25) is 4.79 Å². The van der Waals surface area contributed by atoms with Crippen LogP contribution in [0.5, 0.6) is 0 Å². The predicted molar refractivity (Wildman–Crippen MR) is 81.9 cm³/mol. The molecule has 0 aliphatic carbocycles. The quantitative estimate of drug-likeness (QED) is 0.912. The van der Waals surface area contributed by atoms with E-state index in [1.54, 1.807) is 12.1 Å². The Kier molecular flexibility index (Phi) is 5.00. The first-order valence-electron chi connectivity index (χ1n) is 7.24. The smallest absolute Gasteiger partial charge is 0.254 e. The SMILES string of the molecule is CS(=O)(=O)c1cccc(C(=O)N2CCCCC2CCN)c1. The summed E-state index contributed by atoms with van der Waals surface area (Å²) in [7, 11) is -3.30. The number of nitrogens with zero attached hydrogens (tertiary/aromatic N) is 1. The number of amides is 1. The van der Waals surface area contributed by atoms with Crippen LogP contribution in [-0.2, 0) is 9.84 Å². The lowest BCUT2D eigenvalue weighted by Crippen LogP contribution is -2.44. The Balaban J connectivity index is 2.26. The molecule has 6 heteroatoms.